The van der Waals surface area contributed by atoms with Gasteiger partial charge in [-0.3, -0.25) is 9.69 Å². The van der Waals surface area contributed by atoms with Gasteiger partial charge >= 0.3 is 0 Å². The molecule has 3 aromatic rings. The van der Waals surface area contributed by atoms with Gasteiger partial charge in [-0.2, -0.15) is 0 Å². The fraction of sp³-hybridized carbons (Fsp3) is 0. The quantitative estimate of drug-likeness (QED) is 0.441. The first-order valence-corrected chi connectivity index (χ1v) is 9.61. The number of aliphatic imine (C=N–C) groups is 1. The predicted octanol–water partition coefficient (Wildman–Crippen LogP) is 6.08. The van der Waals surface area contributed by atoms with E-state index in [0.29, 0.717) is 22.1 Å². The Balaban J connectivity index is 1.84. The van der Waals surface area contributed by atoms with E-state index >= 15 is 0 Å². The first-order valence-electron chi connectivity index (χ1n) is 8.44. The molecular weight excluding hydrogens is 443 g/mol. The van der Waals surface area contributed by atoms with Crippen LogP contribution in [-0.4, -0.2) is 11.7 Å². The summed E-state index contributed by atoms with van der Waals surface area (Å²) in [7, 11) is 0. The molecule has 0 spiro atoms. The fourth-order valence-electron chi connectivity index (χ4n) is 2.89. The highest BCUT2D eigenvalue weighted by Crippen LogP contribution is 2.30. The molecule has 28 heavy (non-hydrogen) atoms. The highest BCUT2D eigenvalue weighted by Gasteiger charge is 2.33. The first-order chi connectivity index (χ1) is 13.5. The van der Waals surface area contributed by atoms with E-state index in [-0.39, 0.29) is 17.4 Å². The molecule has 1 aliphatic heterocycles. The van der Waals surface area contributed by atoms with Crippen molar-refractivity contribution in [3.63, 3.8) is 0 Å². The molecule has 0 radical (unpaired) electrons. The van der Waals surface area contributed by atoms with E-state index in [1.807, 2.05) is 36.4 Å². The van der Waals surface area contributed by atoms with Gasteiger partial charge < -0.3 is 0 Å². The maximum atomic E-state index is 13.4. The molecule has 0 aliphatic carbocycles. The lowest BCUT2D eigenvalue weighted by Crippen LogP contribution is -2.32. The van der Waals surface area contributed by atoms with Gasteiger partial charge in [0.1, 0.15) is 17.3 Å². The number of carbonyl (C=O) groups excluding carboxylic acids is 1. The van der Waals surface area contributed by atoms with Gasteiger partial charge in [0.15, 0.2) is 0 Å². The molecule has 0 saturated carbocycles. The molecule has 3 aromatic carbocycles. The standard InChI is InChI=1S/C22H13BrClFN2O/c23-15-7-5-14(6-8-15)13-20-22(28)27(17-11-9-16(25)10-12-17)21(26-20)18-3-1-2-4-19(18)24/h1-13H/b20-13+. The van der Waals surface area contributed by atoms with Gasteiger partial charge in [-0.05, 0) is 60.2 Å². The van der Waals surface area contributed by atoms with E-state index in [0.717, 1.165) is 10.0 Å². The Bertz CT molecular complexity index is 1110. The van der Waals surface area contributed by atoms with Crippen molar-refractivity contribution >= 4 is 51.0 Å². The lowest BCUT2D eigenvalue weighted by Gasteiger charge is -2.19. The van der Waals surface area contributed by atoms with Crippen LogP contribution >= 0.6 is 27.5 Å². The van der Waals surface area contributed by atoms with Gasteiger partial charge in [-0.1, -0.05) is 51.8 Å². The Morgan fingerprint density at radius 2 is 1.64 bits per heavy atom. The summed E-state index contributed by atoms with van der Waals surface area (Å²) in [5.74, 6) is -0.271. The Morgan fingerprint density at radius 1 is 0.964 bits per heavy atom. The second-order valence-corrected chi connectivity index (χ2v) is 7.44. The van der Waals surface area contributed by atoms with Crippen molar-refractivity contribution in [2.75, 3.05) is 4.90 Å². The van der Waals surface area contributed by atoms with Crippen LogP contribution in [0.3, 0.4) is 0 Å². The first kappa shape index (κ1) is 18.6. The van der Waals surface area contributed by atoms with E-state index in [4.69, 9.17) is 11.6 Å². The summed E-state index contributed by atoms with van der Waals surface area (Å²) in [6.45, 7) is 0. The SMILES string of the molecule is O=C1/C(=C\c2ccc(Br)cc2)N=C(c2ccccc2Cl)N1c1ccc(F)cc1. The number of nitrogens with zero attached hydrogens (tertiary/aromatic N) is 2. The van der Waals surface area contributed by atoms with Crippen molar-refractivity contribution in [1.82, 2.24) is 0 Å². The summed E-state index contributed by atoms with van der Waals surface area (Å²) in [5, 5.41) is 0.478. The average molecular weight is 456 g/mol. The highest BCUT2D eigenvalue weighted by molar-refractivity contribution is 9.10. The van der Waals surface area contributed by atoms with E-state index in [1.165, 1.54) is 17.0 Å². The topological polar surface area (TPSA) is 32.7 Å². The van der Waals surface area contributed by atoms with Crippen LogP contribution in [0, 0.1) is 5.82 Å². The van der Waals surface area contributed by atoms with Gasteiger partial charge in [0.2, 0.25) is 0 Å². The van der Waals surface area contributed by atoms with Gasteiger partial charge in [0.05, 0.1) is 10.7 Å². The van der Waals surface area contributed by atoms with Gasteiger partial charge in [0, 0.05) is 10.0 Å². The normalized spacial score (nSPS) is 15.2. The number of hydrogen-bond donors (Lipinski definition) is 0. The molecule has 0 aromatic heterocycles. The molecule has 0 unspecified atom stereocenters. The molecule has 1 aliphatic rings. The third kappa shape index (κ3) is 3.63. The zero-order valence-electron chi connectivity index (χ0n) is 14.4. The lowest BCUT2D eigenvalue weighted by atomic mass is 10.1. The second kappa shape index (κ2) is 7.70. The van der Waals surface area contributed by atoms with Crippen molar-refractivity contribution in [3.8, 4) is 0 Å². The molecule has 6 heteroatoms. The Hall–Kier alpha value is -2.76. The summed E-state index contributed by atoms with van der Waals surface area (Å²) in [5.41, 5.74) is 2.27. The molecule has 0 saturated heterocycles. The monoisotopic (exact) mass is 454 g/mol. The second-order valence-electron chi connectivity index (χ2n) is 6.11. The largest absolute Gasteiger partial charge is 0.282 e. The van der Waals surface area contributed by atoms with Crippen molar-refractivity contribution in [3.05, 3.63) is 105 Å². The highest BCUT2D eigenvalue weighted by atomic mass is 79.9. The maximum Gasteiger partial charge on any atom is 0.282 e. The zero-order valence-corrected chi connectivity index (χ0v) is 16.8. The summed E-state index contributed by atoms with van der Waals surface area (Å²) in [6.07, 6.45) is 1.72. The maximum absolute atomic E-state index is 13.4. The molecule has 0 bridgehead atoms. The number of hydrogen-bond acceptors (Lipinski definition) is 2. The van der Waals surface area contributed by atoms with E-state index in [1.54, 1.807) is 30.3 Å². The molecule has 0 N–H and O–H groups in total. The Morgan fingerprint density at radius 3 is 2.32 bits per heavy atom. The summed E-state index contributed by atoms with van der Waals surface area (Å²) in [6, 6.07) is 20.4. The molecule has 1 heterocycles. The van der Waals surface area contributed by atoms with Crippen LogP contribution in [0.25, 0.3) is 6.08 Å². The van der Waals surface area contributed by atoms with E-state index < -0.39 is 0 Å². The van der Waals surface area contributed by atoms with Crippen LogP contribution in [0.15, 0.2) is 88.0 Å². The van der Waals surface area contributed by atoms with Crippen LogP contribution in [0.5, 0.6) is 0 Å². The molecule has 3 nitrogen and oxygen atoms in total. The minimum atomic E-state index is -0.378. The Kier molecular flexibility index (Phi) is 5.11. The fourth-order valence-corrected chi connectivity index (χ4v) is 3.37. The number of amidine groups is 1. The van der Waals surface area contributed by atoms with Crippen LogP contribution in [0.4, 0.5) is 10.1 Å². The molecule has 1 amide bonds. The molecular formula is C22H13BrClFN2O. The van der Waals surface area contributed by atoms with Crippen LogP contribution in [-0.2, 0) is 4.79 Å². The lowest BCUT2D eigenvalue weighted by molar-refractivity contribution is -0.113. The van der Waals surface area contributed by atoms with Crippen LogP contribution < -0.4 is 4.90 Å². The van der Waals surface area contributed by atoms with Gasteiger partial charge in [-0.25, -0.2) is 9.38 Å². The third-order valence-corrected chi connectivity index (χ3v) is 5.09. The number of benzene rings is 3. The minimum Gasteiger partial charge on any atom is -0.266 e. The van der Waals surface area contributed by atoms with Crippen molar-refractivity contribution in [2.45, 2.75) is 0 Å². The molecule has 138 valence electrons. The van der Waals surface area contributed by atoms with E-state index in [2.05, 4.69) is 20.9 Å². The zero-order chi connectivity index (χ0) is 19.7. The van der Waals surface area contributed by atoms with E-state index in [9.17, 15) is 9.18 Å². The summed E-state index contributed by atoms with van der Waals surface area (Å²) < 4.78 is 14.3. The van der Waals surface area contributed by atoms with Gasteiger partial charge in [-0.15, -0.1) is 0 Å². The third-order valence-electron chi connectivity index (χ3n) is 4.23. The van der Waals surface area contributed by atoms with Crippen LogP contribution in [0.1, 0.15) is 11.1 Å². The minimum absolute atomic E-state index is 0.279. The molecule has 4 rings (SSSR count). The number of anilines is 1. The van der Waals surface area contributed by atoms with Crippen molar-refractivity contribution in [1.29, 1.82) is 0 Å². The van der Waals surface area contributed by atoms with Gasteiger partial charge in [0.25, 0.3) is 5.91 Å². The predicted molar refractivity (Wildman–Crippen MR) is 114 cm³/mol. The summed E-state index contributed by atoms with van der Waals surface area (Å²) in [4.78, 5) is 19.2. The molecule has 0 atom stereocenters. The summed E-state index contributed by atoms with van der Waals surface area (Å²) >= 11 is 9.75. The number of amides is 1. The number of halogens is 3. The molecule has 0 fully saturated rings. The van der Waals surface area contributed by atoms with Crippen molar-refractivity contribution < 1.29 is 9.18 Å². The Labute approximate surface area is 174 Å². The number of rotatable bonds is 3. The van der Waals surface area contributed by atoms with Crippen molar-refractivity contribution in [2.24, 2.45) is 4.99 Å². The number of carbonyl (C=O) groups is 1. The smallest absolute Gasteiger partial charge is 0.266 e. The van der Waals surface area contributed by atoms with Crippen LogP contribution in [0.2, 0.25) is 5.02 Å². The average Bonchev–Trinajstić information content (AvgIpc) is 3.01.